The summed E-state index contributed by atoms with van der Waals surface area (Å²) in [5.74, 6) is 0.589. The standard InChI is InChI=1S/C12H25NO2/c1-12(2,3)13-6-4-10(5-7-13)11(8-14)9-15/h10-11,14-15H,4-9H2,1-3H3. The van der Waals surface area contributed by atoms with E-state index in [1.807, 2.05) is 0 Å². The summed E-state index contributed by atoms with van der Waals surface area (Å²) >= 11 is 0. The molecule has 0 atom stereocenters. The van der Waals surface area contributed by atoms with E-state index >= 15 is 0 Å². The Bertz CT molecular complexity index is 177. The van der Waals surface area contributed by atoms with Gasteiger partial charge in [0.15, 0.2) is 0 Å². The molecular weight excluding hydrogens is 190 g/mol. The summed E-state index contributed by atoms with van der Waals surface area (Å²) in [6.45, 7) is 9.14. The minimum atomic E-state index is 0.0899. The Balaban J connectivity index is 2.42. The highest BCUT2D eigenvalue weighted by Crippen LogP contribution is 2.28. The van der Waals surface area contributed by atoms with Gasteiger partial charge in [0, 0.05) is 24.7 Å². The molecule has 1 heterocycles. The molecule has 0 amide bonds. The SMILES string of the molecule is CC(C)(C)N1CCC(C(CO)CO)CC1. The Morgan fingerprint density at radius 2 is 1.60 bits per heavy atom. The van der Waals surface area contributed by atoms with Crippen molar-refractivity contribution in [2.24, 2.45) is 11.8 Å². The number of rotatable bonds is 3. The molecule has 0 aromatic rings. The Hall–Kier alpha value is -0.120. The van der Waals surface area contributed by atoms with Gasteiger partial charge in [-0.15, -0.1) is 0 Å². The van der Waals surface area contributed by atoms with E-state index in [0.717, 1.165) is 25.9 Å². The quantitative estimate of drug-likeness (QED) is 0.741. The Kier molecular flexibility index (Phi) is 4.56. The molecule has 3 heteroatoms. The van der Waals surface area contributed by atoms with Crippen LogP contribution in [-0.2, 0) is 0 Å². The lowest BCUT2D eigenvalue weighted by Crippen LogP contribution is -2.47. The van der Waals surface area contributed by atoms with Crippen molar-refractivity contribution in [2.45, 2.75) is 39.2 Å². The van der Waals surface area contributed by atoms with Crippen LogP contribution in [0.4, 0.5) is 0 Å². The van der Waals surface area contributed by atoms with E-state index in [9.17, 15) is 0 Å². The van der Waals surface area contributed by atoms with Crippen LogP contribution >= 0.6 is 0 Å². The first-order valence-corrected chi connectivity index (χ1v) is 5.95. The highest BCUT2D eigenvalue weighted by molar-refractivity contribution is 4.83. The van der Waals surface area contributed by atoms with Crippen LogP contribution in [0, 0.1) is 11.8 Å². The maximum atomic E-state index is 9.13. The molecule has 2 N–H and O–H groups in total. The molecule has 90 valence electrons. The first-order chi connectivity index (χ1) is 6.99. The van der Waals surface area contributed by atoms with Crippen LogP contribution < -0.4 is 0 Å². The molecule has 0 spiro atoms. The van der Waals surface area contributed by atoms with Gasteiger partial charge in [0.2, 0.25) is 0 Å². The van der Waals surface area contributed by atoms with Crippen molar-refractivity contribution in [3.8, 4) is 0 Å². The van der Waals surface area contributed by atoms with Crippen LogP contribution in [0.1, 0.15) is 33.6 Å². The molecule has 0 radical (unpaired) electrons. The molecule has 1 aliphatic heterocycles. The van der Waals surface area contributed by atoms with E-state index in [1.165, 1.54) is 0 Å². The molecule has 0 bridgehead atoms. The van der Waals surface area contributed by atoms with Gasteiger partial charge in [-0.1, -0.05) is 0 Å². The predicted octanol–water partition coefficient (Wildman–Crippen LogP) is 1.10. The van der Waals surface area contributed by atoms with Crippen LogP contribution in [0.15, 0.2) is 0 Å². The number of hydrogen-bond acceptors (Lipinski definition) is 3. The highest BCUT2D eigenvalue weighted by Gasteiger charge is 2.30. The van der Waals surface area contributed by atoms with E-state index in [4.69, 9.17) is 10.2 Å². The van der Waals surface area contributed by atoms with Crippen molar-refractivity contribution >= 4 is 0 Å². The summed E-state index contributed by atoms with van der Waals surface area (Å²) in [6.07, 6.45) is 2.20. The molecule has 1 fully saturated rings. The van der Waals surface area contributed by atoms with E-state index in [0.29, 0.717) is 5.92 Å². The van der Waals surface area contributed by atoms with Crippen molar-refractivity contribution in [3.63, 3.8) is 0 Å². The van der Waals surface area contributed by atoms with Crippen molar-refractivity contribution in [2.75, 3.05) is 26.3 Å². The first-order valence-electron chi connectivity index (χ1n) is 5.95. The van der Waals surface area contributed by atoms with Gasteiger partial charge in [-0.2, -0.15) is 0 Å². The van der Waals surface area contributed by atoms with Gasteiger partial charge in [-0.3, -0.25) is 4.90 Å². The minimum Gasteiger partial charge on any atom is -0.396 e. The second-order valence-electron chi connectivity index (χ2n) is 5.62. The van der Waals surface area contributed by atoms with Crippen LogP contribution in [0.25, 0.3) is 0 Å². The fourth-order valence-corrected chi connectivity index (χ4v) is 2.40. The lowest BCUT2D eigenvalue weighted by molar-refractivity contribution is 0.0364. The molecule has 0 aromatic carbocycles. The Morgan fingerprint density at radius 3 is 1.93 bits per heavy atom. The van der Waals surface area contributed by atoms with Crippen LogP contribution in [-0.4, -0.2) is 47.0 Å². The summed E-state index contributed by atoms with van der Waals surface area (Å²) < 4.78 is 0. The number of likely N-dealkylation sites (tertiary alicyclic amines) is 1. The summed E-state index contributed by atoms with van der Waals surface area (Å²) in [5.41, 5.74) is 0.249. The monoisotopic (exact) mass is 215 g/mol. The number of nitrogens with zero attached hydrogens (tertiary/aromatic N) is 1. The molecule has 1 saturated heterocycles. The fourth-order valence-electron chi connectivity index (χ4n) is 2.40. The van der Waals surface area contributed by atoms with E-state index in [-0.39, 0.29) is 24.7 Å². The zero-order valence-electron chi connectivity index (χ0n) is 10.2. The number of hydrogen-bond donors (Lipinski definition) is 2. The smallest absolute Gasteiger partial charge is 0.0483 e. The second-order valence-corrected chi connectivity index (χ2v) is 5.62. The van der Waals surface area contributed by atoms with Gasteiger partial charge in [0.05, 0.1) is 0 Å². The molecule has 1 aliphatic rings. The average molecular weight is 215 g/mol. The summed E-state index contributed by atoms with van der Waals surface area (Å²) in [5, 5.41) is 18.3. The number of aliphatic hydroxyl groups excluding tert-OH is 2. The Labute approximate surface area is 93.1 Å². The van der Waals surface area contributed by atoms with Gasteiger partial charge >= 0.3 is 0 Å². The molecule has 3 nitrogen and oxygen atoms in total. The van der Waals surface area contributed by atoms with Crippen LogP contribution in [0.2, 0.25) is 0 Å². The van der Waals surface area contributed by atoms with Crippen LogP contribution in [0.5, 0.6) is 0 Å². The van der Waals surface area contributed by atoms with E-state index < -0.39 is 0 Å². The van der Waals surface area contributed by atoms with Gasteiger partial charge in [0.1, 0.15) is 0 Å². The van der Waals surface area contributed by atoms with Crippen LogP contribution in [0.3, 0.4) is 0 Å². The fraction of sp³-hybridized carbons (Fsp3) is 1.00. The normalized spacial score (nSPS) is 21.2. The number of aliphatic hydroxyl groups is 2. The largest absolute Gasteiger partial charge is 0.396 e. The molecule has 0 aromatic heterocycles. The van der Waals surface area contributed by atoms with Gasteiger partial charge in [-0.25, -0.2) is 0 Å². The lowest BCUT2D eigenvalue weighted by atomic mass is 9.84. The number of piperidine rings is 1. The third-order valence-electron chi connectivity index (χ3n) is 3.62. The molecular formula is C12H25NO2. The maximum absolute atomic E-state index is 9.13. The van der Waals surface area contributed by atoms with Crippen molar-refractivity contribution in [1.29, 1.82) is 0 Å². The third kappa shape index (κ3) is 3.44. The topological polar surface area (TPSA) is 43.7 Å². The van der Waals surface area contributed by atoms with Crippen molar-refractivity contribution in [1.82, 2.24) is 4.90 Å². The van der Waals surface area contributed by atoms with Gasteiger partial charge in [-0.05, 0) is 52.6 Å². The van der Waals surface area contributed by atoms with Crippen molar-refractivity contribution < 1.29 is 10.2 Å². The third-order valence-corrected chi connectivity index (χ3v) is 3.62. The minimum absolute atomic E-state index is 0.0899. The summed E-state index contributed by atoms with van der Waals surface area (Å²) in [7, 11) is 0. The van der Waals surface area contributed by atoms with E-state index in [2.05, 4.69) is 25.7 Å². The summed E-state index contributed by atoms with van der Waals surface area (Å²) in [4.78, 5) is 2.48. The zero-order valence-corrected chi connectivity index (χ0v) is 10.2. The zero-order chi connectivity index (χ0) is 11.5. The first kappa shape index (κ1) is 12.9. The molecule has 15 heavy (non-hydrogen) atoms. The highest BCUT2D eigenvalue weighted by atomic mass is 16.3. The maximum Gasteiger partial charge on any atom is 0.0483 e. The van der Waals surface area contributed by atoms with Gasteiger partial charge < -0.3 is 10.2 Å². The average Bonchev–Trinajstić information content (AvgIpc) is 2.19. The molecule has 0 saturated carbocycles. The Morgan fingerprint density at radius 1 is 1.13 bits per heavy atom. The van der Waals surface area contributed by atoms with E-state index in [1.54, 1.807) is 0 Å². The molecule has 0 aliphatic carbocycles. The summed E-state index contributed by atoms with van der Waals surface area (Å²) in [6, 6.07) is 0. The molecule has 0 unspecified atom stereocenters. The lowest BCUT2D eigenvalue weighted by Gasteiger charge is -2.42. The predicted molar refractivity (Wildman–Crippen MR) is 61.7 cm³/mol. The van der Waals surface area contributed by atoms with Gasteiger partial charge in [0.25, 0.3) is 0 Å². The second kappa shape index (κ2) is 5.28. The van der Waals surface area contributed by atoms with Crippen molar-refractivity contribution in [3.05, 3.63) is 0 Å². The molecule has 1 rings (SSSR count).